The number of nitrogens with zero attached hydrogens (tertiary/aromatic N) is 1. The summed E-state index contributed by atoms with van der Waals surface area (Å²) in [6.07, 6.45) is 3.91. The van der Waals surface area contributed by atoms with Gasteiger partial charge in [-0.2, -0.15) is 0 Å². The summed E-state index contributed by atoms with van der Waals surface area (Å²) in [5.74, 6) is -0.456. The fourth-order valence-corrected chi connectivity index (χ4v) is 3.12. The maximum atomic E-state index is 11.4. The van der Waals surface area contributed by atoms with Crippen molar-refractivity contribution in [1.29, 1.82) is 0 Å². The molecule has 6 heteroatoms. The van der Waals surface area contributed by atoms with E-state index >= 15 is 0 Å². The summed E-state index contributed by atoms with van der Waals surface area (Å²) in [5.41, 5.74) is 7.49. The quantitative estimate of drug-likeness (QED) is 0.862. The van der Waals surface area contributed by atoms with Crippen molar-refractivity contribution in [3.8, 4) is 0 Å². The van der Waals surface area contributed by atoms with Gasteiger partial charge in [-0.25, -0.2) is 0 Å². The second-order valence-electron chi connectivity index (χ2n) is 5.28. The first-order valence-corrected chi connectivity index (χ1v) is 7.84. The molecule has 0 aromatic heterocycles. The topological polar surface area (TPSA) is 55.6 Å². The maximum Gasteiger partial charge on any atom is 0.322 e. The lowest BCUT2D eigenvalue weighted by Gasteiger charge is -2.30. The van der Waals surface area contributed by atoms with E-state index in [1.54, 1.807) is 6.07 Å². The Bertz CT molecular complexity index is 517. The second-order valence-corrected chi connectivity index (χ2v) is 6.09. The van der Waals surface area contributed by atoms with Crippen molar-refractivity contribution in [3.63, 3.8) is 0 Å². The van der Waals surface area contributed by atoms with Crippen LogP contribution in [0.5, 0.6) is 0 Å². The van der Waals surface area contributed by atoms with Crippen LogP contribution in [0.2, 0.25) is 10.0 Å². The van der Waals surface area contributed by atoms with Crippen molar-refractivity contribution in [2.24, 2.45) is 5.73 Å². The second kappa shape index (κ2) is 7.34. The zero-order valence-corrected chi connectivity index (χ0v) is 13.6. The number of anilines is 1. The van der Waals surface area contributed by atoms with E-state index in [1.165, 1.54) is 26.4 Å². The minimum atomic E-state index is -0.732. The molecule has 1 fully saturated rings. The molecule has 1 unspecified atom stereocenters. The van der Waals surface area contributed by atoms with Crippen LogP contribution in [-0.4, -0.2) is 32.2 Å². The Morgan fingerprint density at radius 1 is 1.29 bits per heavy atom. The van der Waals surface area contributed by atoms with Crippen molar-refractivity contribution in [1.82, 2.24) is 0 Å². The average Bonchev–Trinajstić information content (AvgIpc) is 2.50. The third-order valence-corrected chi connectivity index (χ3v) is 4.41. The van der Waals surface area contributed by atoms with E-state index < -0.39 is 12.0 Å². The predicted octanol–water partition coefficient (Wildman–Crippen LogP) is 3.03. The van der Waals surface area contributed by atoms with E-state index in [0.29, 0.717) is 16.5 Å². The summed E-state index contributed by atoms with van der Waals surface area (Å²) >= 11 is 12.7. The van der Waals surface area contributed by atoms with Crippen LogP contribution in [-0.2, 0) is 16.0 Å². The highest BCUT2D eigenvalue weighted by Gasteiger charge is 2.19. The molecule has 1 aromatic carbocycles. The van der Waals surface area contributed by atoms with Crippen LogP contribution in [0.15, 0.2) is 12.1 Å². The zero-order valence-electron chi connectivity index (χ0n) is 12.1. The maximum absolute atomic E-state index is 11.4. The molecule has 21 heavy (non-hydrogen) atoms. The van der Waals surface area contributed by atoms with Crippen LogP contribution in [0.25, 0.3) is 0 Å². The van der Waals surface area contributed by atoms with Gasteiger partial charge in [-0.15, -0.1) is 0 Å². The van der Waals surface area contributed by atoms with E-state index in [0.717, 1.165) is 24.3 Å². The number of ether oxygens (including phenoxy) is 1. The molecule has 2 N–H and O–H groups in total. The van der Waals surface area contributed by atoms with Crippen LogP contribution in [0, 0.1) is 0 Å². The predicted molar refractivity (Wildman–Crippen MR) is 86.2 cm³/mol. The SMILES string of the molecule is COC(=O)C(N)Cc1cc(Cl)c(N2CCCCC2)cc1Cl. The van der Waals surface area contributed by atoms with Crippen LogP contribution >= 0.6 is 23.2 Å². The number of esters is 1. The Balaban J connectivity index is 2.18. The van der Waals surface area contributed by atoms with Gasteiger partial charge in [0.05, 0.1) is 17.8 Å². The molecule has 0 aliphatic carbocycles. The fraction of sp³-hybridized carbons (Fsp3) is 0.533. The summed E-state index contributed by atoms with van der Waals surface area (Å²) in [6.45, 7) is 1.99. The highest BCUT2D eigenvalue weighted by molar-refractivity contribution is 6.35. The Morgan fingerprint density at radius 2 is 1.95 bits per heavy atom. The Hall–Kier alpha value is -0.970. The molecule has 2 rings (SSSR count). The van der Waals surface area contributed by atoms with Crippen LogP contribution in [0.3, 0.4) is 0 Å². The van der Waals surface area contributed by atoms with E-state index in [9.17, 15) is 4.79 Å². The first-order chi connectivity index (χ1) is 10.0. The molecule has 1 saturated heterocycles. The van der Waals surface area contributed by atoms with Crippen LogP contribution in [0.1, 0.15) is 24.8 Å². The number of hydrogen-bond donors (Lipinski definition) is 1. The molecule has 4 nitrogen and oxygen atoms in total. The van der Waals surface area contributed by atoms with E-state index in [4.69, 9.17) is 28.9 Å². The van der Waals surface area contributed by atoms with E-state index in [-0.39, 0.29) is 0 Å². The third-order valence-electron chi connectivity index (χ3n) is 3.76. The summed E-state index contributed by atoms with van der Waals surface area (Å²) in [4.78, 5) is 13.6. The molecule has 1 heterocycles. The number of hydrogen-bond acceptors (Lipinski definition) is 4. The first kappa shape index (κ1) is 16.4. The number of nitrogens with two attached hydrogens (primary N) is 1. The Morgan fingerprint density at radius 3 is 2.57 bits per heavy atom. The molecule has 116 valence electrons. The molecule has 1 aliphatic rings. The summed E-state index contributed by atoms with van der Waals surface area (Å²) in [6, 6.07) is 2.94. The number of halogens is 2. The number of methoxy groups -OCH3 is 1. The van der Waals surface area contributed by atoms with Gasteiger partial charge in [-0.3, -0.25) is 4.79 Å². The van der Waals surface area contributed by atoms with Crippen molar-refractivity contribution >= 4 is 34.9 Å². The molecular weight excluding hydrogens is 311 g/mol. The molecule has 1 atom stereocenters. The zero-order chi connectivity index (χ0) is 15.4. The number of benzene rings is 1. The number of piperidine rings is 1. The van der Waals surface area contributed by atoms with Gasteiger partial charge in [-0.1, -0.05) is 23.2 Å². The molecule has 0 radical (unpaired) electrons. The van der Waals surface area contributed by atoms with Crippen molar-refractivity contribution in [2.75, 3.05) is 25.1 Å². The lowest BCUT2D eigenvalue weighted by molar-refractivity contribution is -0.142. The van der Waals surface area contributed by atoms with Crippen LogP contribution in [0.4, 0.5) is 5.69 Å². The van der Waals surface area contributed by atoms with Gasteiger partial charge in [0.25, 0.3) is 0 Å². The van der Waals surface area contributed by atoms with Crippen molar-refractivity contribution in [2.45, 2.75) is 31.7 Å². The average molecular weight is 331 g/mol. The summed E-state index contributed by atoms with van der Waals surface area (Å²) in [5, 5.41) is 1.23. The van der Waals surface area contributed by atoms with Gasteiger partial charge in [0, 0.05) is 18.1 Å². The molecule has 0 saturated carbocycles. The minimum Gasteiger partial charge on any atom is -0.468 e. The van der Waals surface area contributed by atoms with Gasteiger partial charge in [0.2, 0.25) is 0 Å². The van der Waals surface area contributed by atoms with Gasteiger partial charge in [-0.05, 0) is 43.4 Å². The molecule has 0 bridgehead atoms. The number of rotatable bonds is 4. The first-order valence-electron chi connectivity index (χ1n) is 7.09. The lowest BCUT2D eigenvalue weighted by atomic mass is 10.0. The molecule has 1 aliphatic heterocycles. The highest BCUT2D eigenvalue weighted by Crippen LogP contribution is 2.34. The van der Waals surface area contributed by atoms with Crippen molar-refractivity contribution < 1.29 is 9.53 Å². The Labute approximate surface area is 135 Å². The number of carbonyl (C=O) groups is 1. The molecular formula is C15H20Cl2N2O2. The largest absolute Gasteiger partial charge is 0.468 e. The fourth-order valence-electron chi connectivity index (χ4n) is 2.58. The van der Waals surface area contributed by atoms with Gasteiger partial charge < -0.3 is 15.4 Å². The highest BCUT2D eigenvalue weighted by atomic mass is 35.5. The van der Waals surface area contributed by atoms with E-state index in [1.807, 2.05) is 6.07 Å². The smallest absolute Gasteiger partial charge is 0.322 e. The van der Waals surface area contributed by atoms with Gasteiger partial charge >= 0.3 is 5.97 Å². The van der Waals surface area contributed by atoms with Gasteiger partial charge in [0.1, 0.15) is 6.04 Å². The van der Waals surface area contributed by atoms with Gasteiger partial charge in [0.15, 0.2) is 0 Å². The third kappa shape index (κ3) is 4.02. The molecule has 1 aromatic rings. The monoisotopic (exact) mass is 330 g/mol. The lowest BCUT2D eigenvalue weighted by Crippen LogP contribution is -2.34. The normalized spacial score (nSPS) is 16.7. The number of carbonyl (C=O) groups excluding carboxylic acids is 1. The minimum absolute atomic E-state index is 0.311. The van der Waals surface area contributed by atoms with Crippen molar-refractivity contribution in [3.05, 3.63) is 27.7 Å². The Kier molecular flexibility index (Phi) is 5.73. The van der Waals surface area contributed by atoms with E-state index in [2.05, 4.69) is 9.64 Å². The standard InChI is InChI=1S/C15H20Cl2N2O2/c1-21-15(20)13(18)8-10-7-12(17)14(9-11(10)16)19-5-3-2-4-6-19/h7,9,13H,2-6,8,18H2,1H3. The molecule has 0 spiro atoms. The summed E-state index contributed by atoms with van der Waals surface area (Å²) < 4.78 is 4.62. The summed E-state index contributed by atoms with van der Waals surface area (Å²) in [7, 11) is 1.32. The molecule has 0 amide bonds. The van der Waals surface area contributed by atoms with Crippen LogP contribution < -0.4 is 10.6 Å².